The number of furan rings is 1. The van der Waals surface area contributed by atoms with E-state index in [0.717, 1.165) is 29.4 Å². The summed E-state index contributed by atoms with van der Waals surface area (Å²) >= 11 is 12.4. The van der Waals surface area contributed by atoms with Crippen molar-refractivity contribution in [2.24, 2.45) is 5.92 Å². The quantitative estimate of drug-likeness (QED) is 0.135. The van der Waals surface area contributed by atoms with Crippen LogP contribution in [-0.4, -0.2) is 44.9 Å². The molecule has 1 aliphatic rings. The maximum Gasteiger partial charge on any atom is 0.297 e. The van der Waals surface area contributed by atoms with Gasteiger partial charge in [0.05, 0.1) is 6.61 Å². The second kappa shape index (κ2) is 13.1. The van der Waals surface area contributed by atoms with Crippen LogP contribution in [0.3, 0.4) is 0 Å². The van der Waals surface area contributed by atoms with E-state index >= 15 is 0 Å². The molecule has 0 atom stereocenters. The van der Waals surface area contributed by atoms with Crippen molar-refractivity contribution >= 4 is 55.8 Å². The van der Waals surface area contributed by atoms with Gasteiger partial charge < -0.3 is 18.9 Å². The van der Waals surface area contributed by atoms with E-state index in [-0.39, 0.29) is 29.6 Å². The Labute approximate surface area is 259 Å². The molecule has 4 aromatic rings. The first kappa shape index (κ1) is 31.1. The Morgan fingerprint density at radius 1 is 1.05 bits per heavy atom. The highest BCUT2D eigenvalue weighted by Gasteiger charge is 2.28. The van der Waals surface area contributed by atoms with Crippen LogP contribution >= 0.6 is 23.2 Å². The van der Waals surface area contributed by atoms with E-state index in [0.29, 0.717) is 59.5 Å². The van der Waals surface area contributed by atoms with E-state index in [2.05, 4.69) is 9.71 Å². The summed E-state index contributed by atoms with van der Waals surface area (Å²) in [6.07, 6.45) is 2.73. The van der Waals surface area contributed by atoms with Gasteiger partial charge >= 0.3 is 0 Å². The summed E-state index contributed by atoms with van der Waals surface area (Å²) in [5, 5.41) is 1.39. The number of H-pyrrole nitrogens is 1. The predicted octanol–water partition coefficient (Wildman–Crippen LogP) is 6.81. The fraction of sp³-hybridized carbons (Fsp3) is 0.355. The summed E-state index contributed by atoms with van der Waals surface area (Å²) < 4.78 is 44.9. The van der Waals surface area contributed by atoms with Crippen LogP contribution < -0.4 is 9.46 Å². The molecule has 0 aliphatic carbocycles. The topological polar surface area (TPSA) is 128 Å². The number of carbonyl (C=O) groups is 2. The smallest absolute Gasteiger partial charge is 0.297 e. The fourth-order valence-electron chi connectivity index (χ4n) is 5.26. The van der Waals surface area contributed by atoms with Crippen molar-refractivity contribution in [2.45, 2.75) is 51.0 Å². The van der Waals surface area contributed by atoms with E-state index in [4.69, 9.17) is 37.1 Å². The molecule has 0 unspecified atom stereocenters. The molecule has 228 valence electrons. The molecular weight excluding hydrogens is 615 g/mol. The molecule has 1 aliphatic heterocycles. The lowest BCUT2D eigenvalue weighted by molar-refractivity contribution is 0.0591. The lowest BCUT2D eigenvalue weighted by Gasteiger charge is -2.20. The average Bonchev–Trinajstić information content (AvgIpc) is 3.60. The Hall–Kier alpha value is -3.31. The van der Waals surface area contributed by atoms with Gasteiger partial charge in [0, 0.05) is 40.6 Å². The summed E-state index contributed by atoms with van der Waals surface area (Å²) in [6, 6.07) is 11.4. The average molecular weight is 648 g/mol. The van der Waals surface area contributed by atoms with Crippen molar-refractivity contribution in [3.8, 4) is 5.75 Å². The van der Waals surface area contributed by atoms with Gasteiger partial charge in [-0.2, -0.15) is 8.42 Å². The number of sulfonamides is 1. The first-order valence-electron chi connectivity index (χ1n) is 14.0. The highest BCUT2D eigenvalue weighted by Crippen LogP contribution is 2.29. The van der Waals surface area contributed by atoms with Crippen molar-refractivity contribution in [1.29, 1.82) is 0 Å². The molecule has 0 radical (unpaired) electrons. The standard InChI is InChI=1S/C31H32Cl2N2O7S/c1-18-14-22(15-19(2)29(18)33)41-11-3-4-24-23-6-5-21(32)17-25(23)34-30(24)31(37)35-43(38,39)28-8-7-27(42-28)26(36)16-20-9-12-40-13-10-20/h5-8,14-15,17,20,34H,3-4,9-13,16H2,1-2H3,(H,35,37). The summed E-state index contributed by atoms with van der Waals surface area (Å²) in [6.45, 7) is 5.37. The lowest BCUT2D eigenvalue weighted by Crippen LogP contribution is -2.31. The molecule has 0 bridgehead atoms. The van der Waals surface area contributed by atoms with E-state index in [1.165, 1.54) is 12.1 Å². The van der Waals surface area contributed by atoms with Crippen LogP contribution in [0.2, 0.25) is 10.0 Å². The number of carbonyl (C=O) groups excluding carboxylic acids is 2. The maximum absolute atomic E-state index is 13.4. The van der Waals surface area contributed by atoms with Gasteiger partial charge in [-0.25, -0.2) is 4.72 Å². The highest BCUT2D eigenvalue weighted by molar-refractivity contribution is 7.90. The third-order valence-corrected chi connectivity index (χ3v) is 9.54. The number of benzene rings is 2. The summed E-state index contributed by atoms with van der Waals surface area (Å²) in [5.74, 6) is -0.367. The molecule has 9 nitrogen and oxygen atoms in total. The van der Waals surface area contributed by atoms with Gasteiger partial charge in [-0.05, 0) is 98.5 Å². The number of amides is 1. The Morgan fingerprint density at radius 3 is 2.49 bits per heavy atom. The number of hydrogen-bond acceptors (Lipinski definition) is 7. The van der Waals surface area contributed by atoms with Crippen molar-refractivity contribution < 1.29 is 31.9 Å². The van der Waals surface area contributed by atoms with Crippen LogP contribution in [-0.2, 0) is 21.2 Å². The van der Waals surface area contributed by atoms with Gasteiger partial charge in [0.15, 0.2) is 11.5 Å². The van der Waals surface area contributed by atoms with E-state index in [1.807, 2.05) is 26.0 Å². The molecule has 2 aromatic carbocycles. The molecule has 1 amide bonds. The van der Waals surface area contributed by atoms with Crippen molar-refractivity contribution in [3.63, 3.8) is 0 Å². The number of Topliss-reactive ketones (excluding diaryl/α,β-unsaturated/α-hetero) is 1. The zero-order valence-electron chi connectivity index (χ0n) is 23.8. The minimum absolute atomic E-state index is 0.0636. The summed E-state index contributed by atoms with van der Waals surface area (Å²) in [5.41, 5.74) is 3.13. The summed E-state index contributed by atoms with van der Waals surface area (Å²) in [4.78, 5) is 29.1. The third-order valence-electron chi connectivity index (χ3n) is 7.51. The first-order chi connectivity index (χ1) is 20.5. The number of ketones is 1. The van der Waals surface area contributed by atoms with Crippen LogP contribution in [0.5, 0.6) is 5.75 Å². The molecule has 5 rings (SSSR count). The Morgan fingerprint density at radius 2 is 1.77 bits per heavy atom. The first-order valence-corrected chi connectivity index (χ1v) is 16.2. The molecule has 2 aromatic heterocycles. The van der Waals surface area contributed by atoms with Crippen LogP contribution in [0.25, 0.3) is 10.9 Å². The molecule has 3 heterocycles. The van der Waals surface area contributed by atoms with Crippen molar-refractivity contribution in [1.82, 2.24) is 9.71 Å². The van der Waals surface area contributed by atoms with E-state index in [1.54, 1.807) is 18.2 Å². The molecule has 0 saturated carbocycles. The van der Waals surface area contributed by atoms with Crippen molar-refractivity contribution in [3.05, 3.63) is 80.7 Å². The highest BCUT2D eigenvalue weighted by atomic mass is 35.5. The largest absolute Gasteiger partial charge is 0.494 e. The minimum Gasteiger partial charge on any atom is -0.494 e. The van der Waals surface area contributed by atoms with E-state index < -0.39 is 21.0 Å². The van der Waals surface area contributed by atoms with Gasteiger partial charge in [0.1, 0.15) is 11.4 Å². The number of halogens is 2. The van der Waals surface area contributed by atoms with Crippen LogP contribution in [0.15, 0.2) is 52.0 Å². The van der Waals surface area contributed by atoms with Gasteiger partial charge in [0.2, 0.25) is 5.09 Å². The predicted molar refractivity (Wildman–Crippen MR) is 164 cm³/mol. The van der Waals surface area contributed by atoms with Crippen LogP contribution in [0.4, 0.5) is 0 Å². The molecular formula is C31H32Cl2N2O7S. The Kier molecular flexibility index (Phi) is 9.51. The second-order valence-electron chi connectivity index (χ2n) is 10.7. The number of aromatic amines is 1. The maximum atomic E-state index is 13.4. The SMILES string of the molecule is Cc1cc(OCCCc2c(C(=O)NS(=O)(=O)c3ccc(C(=O)CC4CCOCC4)o3)[nH]c3cc(Cl)ccc23)cc(C)c1Cl. The number of nitrogens with one attached hydrogen (secondary N) is 2. The molecule has 43 heavy (non-hydrogen) atoms. The molecule has 1 fully saturated rings. The molecule has 12 heteroatoms. The number of aryl methyl sites for hydroxylation is 3. The molecule has 2 N–H and O–H groups in total. The number of hydrogen-bond donors (Lipinski definition) is 2. The summed E-state index contributed by atoms with van der Waals surface area (Å²) in [7, 11) is -4.41. The monoisotopic (exact) mass is 646 g/mol. The molecule has 1 saturated heterocycles. The normalized spacial score (nSPS) is 14.2. The zero-order valence-corrected chi connectivity index (χ0v) is 26.1. The minimum atomic E-state index is -4.41. The number of ether oxygens (including phenoxy) is 2. The zero-order chi connectivity index (χ0) is 30.7. The number of fused-ring (bicyclic) bond motifs is 1. The van der Waals surface area contributed by atoms with Gasteiger partial charge in [-0.1, -0.05) is 29.3 Å². The Bertz CT molecular complexity index is 1750. The van der Waals surface area contributed by atoms with Crippen molar-refractivity contribution in [2.75, 3.05) is 19.8 Å². The lowest BCUT2D eigenvalue weighted by atomic mass is 9.94. The van der Waals surface area contributed by atoms with Gasteiger partial charge in [-0.3, -0.25) is 9.59 Å². The molecule has 0 spiro atoms. The number of rotatable bonds is 11. The second-order valence-corrected chi connectivity index (χ2v) is 13.2. The third kappa shape index (κ3) is 7.26. The Balaban J connectivity index is 1.29. The van der Waals surface area contributed by atoms with E-state index in [9.17, 15) is 18.0 Å². The number of aromatic nitrogens is 1. The van der Waals surface area contributed by atoms with Gasteiger partial charge in [0.25, 0.3) is 15.9 Å². The van der Waals surface area contributed by atoms with Gasteiger partial charge in [-0.15, -0.1) is 0 Å². The fourth-order valence-corrected chi connectivity index (χ4v) is 6.44. The van der Waals surface area contributed by atoms with Crippen LogP contribution in [0.1, 0.15) is 63.4 Å². The van der Waals surface area contributed by atoms with Crippen LogP contribution in [0, 0.1) is 19.8 Å².